The van der Waals surface area contributed by atoms with Crippen molar-refractivity contribution in [2.24, 2.45) is 5.92 Å². The molecule has 1 saturated heterocycles. The van der Waals surface area contributed by atoms with Gasteiger partial charge in [-0.15, -0.1) is 0 Å². The van der Waals surface area contributed by atoms with Gasteiger partial charge in [-0.05, 0) is 39.0 Å². The van der Waals surface area contributed by atoms with Gasteiger partial charge in [0.1, 0.15) is 0 Å². The Bertz CT molecular complexity index is 219. The van der Waals surface area contributed by atoms with Crippen LogP contribution < -0.4 is 5.32 Å². The van der Waals surface area contributed by atoms with Crippen LogP contribution in [-0.2, 0) is 0 Å². The highest BCUT2D eigenvalue weighted by atomic mass is 15.3. The lowest BCUT2D eigenvalue weighted by Gasteiger charge is -2.50. The molecule has 0 bridgehead atoms. The van der Waals surface area contributed by atoms with E-state index >= 15 is 0 Å². The van der Waals surface area contributed by atoms with Crippen molar-refractivity contribution in [1.82, 2.24) is 10.2 Å². The molecule has 0 aromatic heterocycles. The summed E-state index contributed by atoms with van der Waals surface area (Å²) in [7, 11) is 0. The SMILES string of the molecule is CCC(CC)N1CC(CC(C)C)NCC1(C)C. The third-order valence-electron chi connectivity index (χ3n) is 4.16. The van der Waals surface area contributed by atoms with Crippen LogP contribution in [0.3, 0.4) is 0 Å². The van der Waals surface area contributed by atoms with E-state index in [2.05, 4.69) is 51.8 Å². The van der Waals surface area contributed by atoms with Crippen LogP contribution in [0.25, 0.3) is 0 Å². The molecule has 0 radical (unpaired) electrons. The summed E-state index contributed by atoms with van der Waals surface area (Å²) < 4.78 is 0. The molecule has 1 fully saturated rings. The maximum Gasteiger partial charge on any atom is 0.0281 e. The van der Waals surface area contributed by atoms with Gasteiger partial charge in [0.2, 0.25) is 0 Å². The summed E-state index contributed by atoms with van der Waals surface area (Å²) in [6, 6.07) is 1.44. The summed E-state index contributed by atoms with van der Waals surface area (Å²) >= 11 is 0. The fraction of sp³-hybridized carbons (Fsp3) is 1.00. The third-order valence-corrected chi connectivity index (χ3v) is 4.16. The van der Waals surface area contributed by atoms with E-state index in [1.54, 1.807) is 0 Å². The monoisotopic (exact) mass is 240 g/mol. The van der Waals surface area contributed by atoms with Crippen LogP contribution in [0.1, 0.15) is 60.8 Å². The molecule has 17 heavy (non-hydrogen) atoms. The number of piperazine rings is 1. The normalized spacial score (nSPS) is 25.8. The van der Waals surface area contributed by atoms with Gasteiger partial charge in [0.05, 0.1) is 0 Å². The van der Waals surface area contributed by atoms with Crippen LogP contribution in [0, 0.1) is 5.92 Å². The van der Waals surface area contributed by atoms with E-state index in [9.17, 15) is 0 Å². The van der Waals surface area contributed by atoms with Gasteiger partial charge in [0.25, 0.3) is 0 Å². The molecule has 1 atom stereocenters. The second kappa shape index (κ2) is 6.19. The molecule has 1 N–H and O–H groups in total. The zero-order chi connectivity index (χ0) is 13.1. The Hall–Kier alpha value is -0.0800. The molecular weight excluding hydrogens is 208 g/mol. The first kappa shape index (κ1) is 15.0. The number of rotatable bonds is 5. The maximum absolute atomic E-state index is 3.73. The van der Waals surface area contributed by atoms with Crippen LogP contribution >= 0.6 is 0 Å². The molecule has 2 nitrogen and oxygen atoms in total. The van der Waals surface area contributed by atoms with E-state index in [4.69, 9.17) is 0 Å². The Balaban J connectivity index is 2.68. The van der Waals surface area contributed by atoms with Crippen molar-refractivity contribution in [3.8, 4) is 0 Å². The van der Waals surface area contributed by atoms with Crippen molar-refractivity contribution < 1.29 is 0 Å². The molecule has 1 aliphatic rings. The van der Waals surface area contributed by atoms with E-state index in [0.717, 1.165) is 18.5 Å². The number of nitrogens with zero attached hydrogens (tertiary/aromatic N) is 1. The molecule has 1 aliphatic heterocycles. The van der Waals surface area contributed by atoms with Crippen molar-refractivity contribution in [1.29, 1.82) is 0 Å². The van der Waals surface area contributed by atoms with Gasteiger partial charge >= 0.3 is 0 Å². The van der Waals surface area contributed by atoms with Crippen LogP contribution in [0.15, 0.2) is 0 Å². The zero-order valence-electron chi connectivity index (χ0n) is 12.7. The fourth-order valence-electron chi connectivity index (χ4n) is 3.14. The van der Waals surface area contributed by atoms with Crippen LogP contribution in [0.5, 0.6) is 0 Å². The Morgan fingerprint density at radius 3 is 2.29 bits per heavy atom. The van der Waals surface area contributed by atoms with Gasteiger partial charge in [-0.25, -0.2) is 0 Å². The Morgan fingerprint density at radius 2 is 1.82 bits per heavy atom. The molecule has 1 rings (SSSR count). The van der Waals surface area contributed by atoms with E-state index in [1.807, 2.05) is 0 Å². The minimum Gasteiger partial charge on any atom is -0.311 e. The summed E-state index contributed by atoms with van der Waals surface area (Å²) in [5, 5.41) is 3.73. The smallest absolute Gasteiger partial charge is 0.0281 e. The highest BCUT2D eigenvalue weighted by Gasteiger charge is 2.36. The van der Waals surface area contributed by atoms with Gasteiger partial charge in [-0.3, -0.25) is 4.90 Å². The zero-order valence-corrected chi connectivity index (χ0v) is 12.7. The van der Waals surface area contributed by atoms with Gasteiger partial charge in [0, 0.05) is 30.7 Å². The summed E-state index contributed by atoms with van der Waals surface area (Å²) in [5.41, 5.74) is 0.310. The van der Waals surface area contributed by atoms with Gasteiger partial charge in [-0.1, -0.05) is 27.7 Å². The first-order valence-electron chi connectivity index (χ1n) is 7.40. The molecule has 0 saturated carbocycles. The Morgan fingerprint density at radius 1 is 1.24 bits per heavy atom. The second-order valence-electron chi connectivity index (χ2n) is 6.64. The van der Waals surface area contributed by atoms with Crippen LogP contribution in [-0.4, -0.2) is 35.6 Å². The van der Waals surface area contributed by atoms with E-state index in [1.165, 1.54) is 25.8 Å². The molecule has 1 heterocycles. The summed E-state index contributed by atoms with van der Waals surface area (Å²) in [6.07, 6.45) is 3.84. The van der Waals surface area contributed by atoms with E-state index < -0.39 is 0 Å². The fourth-order valence-corrected chi connectivity index (χ4v) is 3.14. The lowest BCUT2D eigenvalue weighted by molar-refractivity contribution is 0.0178. The predicted molar refractivity (Wildman–Crippen MR) is 76.4 cm³/mol. The first-order chi connectivity index (χ1) is 7.90. The van der Waals surface area contributed by atoms with E-state index in [0.29, 0.717) is 11.6 Å². The summed E-state index contributed by atoms with van der Waals surface area (Å²) in [4.78, 5) is 2.75. The molecular formula is C15H32N2. The van der Waals surface area contributed by atoms with Crippen LogP contribution in [0.2, 0.25) is 0 Å². The Kier molecular flexibility index (Phi) is 5.46. The average Bonchev–Trinajstić information content (AvgIpc) is 2.24. The van der Waals surface area contributed by atoms with Crippen molar-refractivity contribution >= 4 is 0 Å². The molecule has 0 spiro atoms. The van der Waals surface area contributed by atoms with Crippen molar-refractivity contribution in [3.05, 3.63) is 0 Å². The topological polar surface area (TPSA) is 15.3 Å². The molecule has 0 amide bonds. The molecule has 1 unspecified atom stereocenters. The Labute approximate surface area is 108 Å². The molecule has 0 aromatic rings. The maximum atomic E-state index is 3.73. The average molecular weight is 240 g/mol. The van der Waals surface area contributed by atoms with Gasteiger partial charge in [-0.2, -0.15) is 0 Å². The largest absolute Gasteiger partial charge is 0.311 e. The molecule has 0 aromatic carbocycles. The predicted octanol–water partition coefficient (Wildman–Crippen LogP) is 3.27. The van der Waals surface area contributed by atoms with Crippen molar-refractivity contribution in [2.45, 2.75) is 78.4 Å². The highest BCUT2D eigenvalue weighted by Crippen LogP contribution is 2.26. The van der Waals surface area contributed by atoms with Gasteiger partial charge < -0.3 is 5.32 Å². The number of hydrogen-bond donors (Lipinski definition) is 1. The quantitative estimate of drug-likeness (QED) is 0.793. The first-order valence-corrected chi connectivity index (χ1v) is 7.40. The van der Waals surface area contributed by atoms with Crippen LogP contribution in [0.4, 0.5) is 0 Å². The second-order valence-corrected chi connectivity index (χ2v) is 6.64. The summed E-state index contributed by atoms with van der Waals surface area (Å²) in [6.45, 7) is 16.4. The number of nitrogens with one attached hydrogen (secondary N) is 1. The molecule has 102 valence electrons. The standard InChI is InChI=1S/C15H32N2/c1-7-14(8-2)17-10-13(9-12(3)4)16-11-15(17,5)6/h12-14,16H,7-11H2,1-6H3. The van der Waals surface area contributed by atoms with Crippen molar-refractivity contribution in [2.75, 3.05) is 13.1 Å². The summed E-state index contributed by atoms with van der Waals surface area (Å²) in [5.74, 6) is 0.789. The number of hydrogen-bond acceptors (Lipinski definition) is 2. The highest BCUT2D eigenvalue weighted by molar-refractivity contribution is 4.95. The lowest BCUT2D eigenvalue weighted by atomic mass is 9.90. The minimum absolute atomic E-state index is 0.310. The minimum atomic E-state index is 0.310. The van der Waals surface area contributed by atoms with E-state index in [-0.39, 0.29) is 0 Å². The van der Waals surface area contributed by atoms with Gasteiger partial charge in [0.15, 0.2) is 0 Å². The third kappa shape index (κ3) is 3.96. The van der Waals surface area contributed by atoms with Crippen molar-refractivity contribution in [3.63, 3.8) is 0 Å². The molecule has 0 aliphatic carbocycles. The lowest BCUT2D eigenvalue weighted by Crippen LogP contribution is -2.64. The molecule has 2 heteroatoms.